The highest BCUT2D eigenvalue weighted by atomic mass is 16.6. The molecule has 0 amide bonds. The van der Waals surface area contributed by atoms with Crippen LogP contribution in [0.5, 0.6) is 5.88 Å². The maximum atomic E-state index is 13.0. The monoisotopic (exact) mass is 355 g/mol. The zero-order valence-corrected chi connectivity index (χ0v) is 15.9. The molecular weight excluding hydrogens is 330 g/mol. The summed E-state index contributed by atoms with van der Waals surface area (Å²) in [7, 11) is 1.69. The molecule has 0 aliphatic carbocycles. The van der Waals surface area contributed by atoms with Crippen LogP contribution in [0.1, 0.15) is 33.4 Å². The quantitative estimate of drug-likeness (QED) is 0.564. The number of ether oxygens (including phenoxy) is 1. The van der Waals surface area contributed by atoms with Crippen LogP contribution in [-0.2, 0) is 13.5 Å². The van der Waals surface area contributed by atoms with Crippen molar-refractivity contribution >= 4 is 10.9 Å². The van der Waals surface area contributed by atoms with Crippen LogP contribution in [0, 0.1) is 11.1 Å². The molecule has 1 N–H and O–H groups in total. The number of hydrogen-bond acceptors (Lipinski definition) is 3. The molecule has 0 bridgehead atoms. The average molecular weight is 355 g/mol. The molecule has 0 atom stereocenters. The number of aromatic amines is 1. The third-order valence-electron chi connectivity index (χ3n) is 4.31. The summed E-state index contributed by atoms with van der Waals surface area (Å²) >= 11 is 0. The predicted octanol–water partition coefficient (Wildman–Crippen LogP) is 3.15. The van der Waals surface area contributed by atoms with Crippen molar-refractivity contribution in [3.05, 3.63) is 51.7 Å². The van der Waals surface area contributed by atoms with Gasteiger partial charge in [-0.3, -0.25) is 9.36 Å². The van der Waals surface area contributed by atoms with Crippen molar-refractivity contribution in [1.29, 1.82) is 0 Å². The van der Waals surface area contributed by atoms with E-state index in [2.05, 4.69) is 4.98 Å². The number of aromatic nitrogens is 3. The van der Waals surface area contributed by atoms with Gasteiger partial charge in [-0.05, 0) is 25.8 Å². The van der Waals surface area contributed by atoms with Gasteiger partial charge in [0.15, 0.2) is 5.69 Å². The van der Waals surface area contributed by atoms with Crippen molar-refractivity contribution in [3.63, 3.8) is 0 Å². The number of benzene rings is 1. The number of rotatable bonds is 5. The van der Waals surface area contributed by atoms with Crippen LogP contribution in [0.3, 0.4) is 0 Å². The molecule has 0 saturated carbocycles. The molecule has 6 heteroatoms. The van der Waals surface area contributed by atoms with Crippen LogP contribution in [-0.4, -0.2) is 15.7 Å². The van der Waals surface area contributed by atoms with Gasteiger partial charge in [0.1, 0.15) is 0 Å². The van der Waals surface area contributed by atoms with Crippen LogP contribution >= 0.6 is 0 Å². The Morgan fingerprint density at radius 2 is 1.92 bits per heavy atom. The van der Waals surface area contributed by atoms with E-state index in [1.54, 1.807) is 7.05 Å². The van der Waals surface area contributed by atoms with E-state index in [0.717, 1.165) is 16.5 Å². The molecule has 2 heterocycles. The van der Waals surface area contributed by atoms with E-state index in [1.165, 1.54) is 4.57 Å². The van der Waals surface area contributed by atoms with E-state index in [4.69, 9.17) is 4.74 Å². The average Bonchev–Trinajstić information content (AvgIpc) is 3.00. The number of para-hydroxylation sites is 1. The maximum Gasteiger partial charge on any atom is 0.405 e. The maximum absolute atomic E-state index is 13.0. The fourth-order valence-electron chi connectivity index (χ4n) is 3.19. The van der Waals surface area contributed by atoms with Crippen molar-refractivity contribution < 1.29 is 9.47 Å². The molecule has 26 heavy (non-hydrogen) atoms. The molecule has 0 spiro atoms. The van der Waals surface area contributed by atoms with Gasteiger partial charge in [0.25, 0.3) is 5.69 Å². The van der Waals surface area contributed by atoms with Crippen LogP contribution in [0.2, 0.25) is 0 Å². The summed E-state index contributed by atoms with van der Waals surface area (Å²) in [6.07, 6.45) is 2.02. The first-order valence-electron chi connectivity index (χ1n) is 8.89. The fourth-order valence-corrected chi connectivity index (χ4v) is 3.19. The van der Waals surface area contributed by atoms with Gasteiger partial charge in [-0.25, -0.2) is 0 Å². The van der Waals surface area contributed by atoms with E-state index in [0.29, 0.717) is 16.8 Å². The van der Waals surface area contributed by atoms with E-state index in [-0.39, 0.29) is 29.2 Å². The highest BCUT2D eigenvalue weighted by molar-refractivity contribution is 5.95. The standard InChI is InChI=1S/C20H25N3O3/c1-12(2)10-17-19(24)22(5)18(20(23(17)25)26-13(3)4)15-11-21-16-9-7-6-8-14(15)16/h6-9,11-13,21H,10H2,1-5H3. The number of hydrogen-bond donors (Lipinski definition) is 1. The minimum absolute atomic E-state index is 0.169. The zero-order valence-electron chi connectivity index (χ0n) is 15.9. The van der Waals surface area contributed by atoms with E-state index < -0.39 is 0 Å². The van der Waals surface area contributed by atoms with Crippen LogP contribution in [0.25, 0.3) is 22.2 Å². The summed E-state index contributed by atoms with van der Waals surface area (Å²) < 4.78 is 8.09. The highest BCUT2D eigenvalue weighted by Crippen LogP contribution is 2.32. The molecule has 0 fully saturated rings. The molecule has 0 unspecified atom stereocenters. The number of fused-ring (bicyclic) bond motifs is 1. The van der Waals surface area contributed by atoms with Crippen molar-refractivity contribution in [3.8, 4) is 17.1 Å². The van der Waals surface area contributed by atoms with Crippen LogP contribution in [0.15, 0.2) is 35.3 Å². The normalized spacial score (nSPS) is 11.7. The van der Waals surface area contributed by atoms with E-state index in [1.807, 2.05) is 58.2 Å². The molecule has 0 radical (unpaired) electrons. The third kappa shape index (κ3) is 3.07. The lowest BCUT2D eigenvalue weighted by Crippen LogP contribution is -2.45. The van der Waals surface area contributed by atoms with Gasteiger partial charge in [-0.2, -0.15) is 0 Å². The molecule has 3 aromatic rings. The molecule has 3 rings (SSSR count). The van der Waals surface area contributed by atoms with Crippen molar-refractivity contribution in [2.75, 3.05) is 0 Å². The van der Waals surface area contributed by atoms with Gasteiger partial charge in [0, 0.05) is 36.1 Å². The molecule has 138 valence electrons. The lowest BCUT2D eigenvalue weighted by Gasteiger charge is -2.18. The summed E-state index contributed by atoms with van der Waals surface area (Å²) in [4.78, 5) is 16.1. The first-order valence-corrected chi connectivity index (χ1v) is 8.89. The Morgan fingerprint density at radius 1 is 1.23 bits per heavy atom. The van der Waals surface area contributed by atoms with Crippen molar-refractivity contribution in [2.45, 2.75) is 40.2 Å². The van der Waals surface area contributed by atoms with Gasteiger partial charge >= 0.3 is 11.4 Å². The Kier molecular flexibility index (Phi) is 4.76. The number of H-pyrrole nitrogens is 1. The predicted molar refractivity (Wildman–Crippen MR) is 102 cm³/mol. The SMILES string of the molecule is CC(C)Cc1c(=O)n(C)c(-c2c[nH]c3ccccc23)c(OC(C)C)[n+]1[O-]. The summed E-state index contributed by atoms with van der Waals surface area (Å²) in [6.45, 7) is 7.70. The number of nitrogens with zero attached hydrogens (tertiary/aromatic N) is 2. The molecule has 6 nitrogen and oxygen atoms in total. The molecule has 0 aliphatic heterocycles. The van der Waals surface area contributed by atoms with Gasteiger partial charge < -0.3 is 14.9 Å². The van der Waals surface area contributed by atoms with Crippen molar-refractivity contribution in [2.24, 2.45) is 13.0 Å². The summed E-state index contributed by atoms with van der Waals surface area (Å²) in [6, 6.07) is 7.78. The first-order chi connectivity index (χ1) is 12.3. The molecular formula is C20H25N3O3. The van der Waals surface area contributed by atoms with E-state index >= 15 is 0 Å². The third-order valence-corrected chi connectivity index (χ3v) is 4.31. The zero-order chi connectivity index (χ0) is 19.0. The molecule has 1 aromatic carbocycles. The minimum Gasteiger partial charge on any atom is -0.616 e. The highest BCUT2D eigenvalue weighted by Gasteiger charge is 2.29. The summed E-state index contributed by atoms with van der Waals surface area (Å²) in [5.41, 5.74) is 2.13. The minimum atomic E-state index is -0.287. The fraction of sp³-hybridized carbons (Fsp3) is 0.400. The number of nitrogens with one attached hydrogen (secondary N) is 1. The summed E-state index contributed by atoms with van der Waals surface area (Å²) in [5, 5.41) is 14.0. The smallest absolute Gasteiger partial charge is 0.405 e. The topological polar surface area (TPSA) is 74.0 Å². The lowest BCUT2D eigenvalue weighted by molar-refractivity contribution is -0.623. The van der Waals surface area contributed by atoms with Crippen LogP contribution in [0.4, 0.5) is 0 Å². The largest absolute Gasteiger partial charge is 0.616 e. The van der Waals surface area contributed by atoms with Gasteiger partial charge in [-0.15, -0.1) is 4.73 Å². The van der Waals surface area contributed by atoms with Gasteiger partial charge in [-0.1, -0.05) is 32.0 Å². The molecule has 0 aliphatic rings. The second kappa shape index (κ2) is 6.86. The Balaban J connectivity index is 2.35. The Morgan fingerprint density at radius 3 is 2.58 bits per heavy atom. The molecule has 0 saturated heterocycles. The van der Waals surface area contributed by atoms with Crippen LogP contribution < -0.4 is 15.0 Å². The molecule has 2 aromatic heterocycles. The Labute approximate surface area is 152 Å². The Hall–Kier alpha value is -2.76. The first kappa shape index (κ1) is 18.0. The summed E-state index contributed by atoms with van der Waals surface area (Å²) in [5.74, 6) is 0.358. The Bertz CT molecular complexity index is 999. The second-order valence-electron chi connectivity index (χ2n) is 7.27. The van der Waals surface area contributed by atoms with Gasteiger partial charge in [0.2, 0.25) is 0 Å². The second-order valence-corrected chi connectivity index (χ2v) is 7.27. The lowest BCUT2D eigenvalue weighted by atomic mass is 10.1. The van der Waals surface area contributed by atoms with Gasteiger partial charge in [0.05, 0.1) is 6.10 Å². The van der Waals surface area contributed by atoms with E-state index in [9.17, 15) is 10.0 Å². The van der Waals surface area contributed by atoms with Crippen molar-refractivity contribution in [1.82, 2.24) is 9.55 Å².